The highest BCUT2D eigenvalue weighted by Gasteiger charge is 2.42. The van der Waals surface area contributed by atoms with Crippen molar-refractivity contribution in [1.29, 1.82) is 0 Å². The minimum Gasteiger partial charge on any atom is -0.469 e. The lowest BCUT2D eigenvalue weighted by Gasteiger charge is -2.23. The number of alkyl halides is 3. The Morgan fingerprint density at radius 2 is 1.76 bits per heavy atom. The van der Waals surface area contributed by atoms with Crippen LogP contribution in [0.5, 0.6) is 0 Å². The van der Waals surface area contributed by atoms with Crippen LogP contribution in [0.15, 0.2) is 0 Å². The average Bonchev–Trinajstić information content (AvgIpc) is 2.25. The topological polar surface area (TPSA) is 64.6 Å². The zero-order valence-corrected chi connectivity index (χ0v) is 9.63. The van der Waals surface area contributed by atoms with Crippen LogP contribution in [0.1, 0.15) is 13.3 Å². The van der Waals surface area contributed by atoms with Crippen LogP contribution in [0.3, 0.4) is 0 Å². The molecule has 0 unspecified atom stereocenters. The van der Waals surface area contributed by atoms with Crippen LogP contribution in [-0.4, -0.2) is 44.4 Å². The third kappa shape index (κ3) is 5.53. The second-order valence-corrected chi connectivity index (χ2v) is 3.29. The van der Waals surface area contributed by atoms with Gasteiger partial charge in [0, 0.05) is 0 Å². The quantitative estimate of drug-likeness (QED) is 0.732. The van der Waals surface area contributed by atoms with E-state index in [1.165, 1.54) is 6.92 Å². The Bertz CT molecular complexity index is 280. The molecule has 0 aliphatic rings. The molecular formula is C9H14F3NO4. The highest BCUT2D eigenvalue weighted by molar-refractivity contribution is 5.75. The number of ether oxygens (including phenoxy) is 2. The lowest BCUT2D eigenvalue weighted by Crippen LogP contribution is -2.50. The lowest BCUT2D eigenvalue weighted by atomic mass is 10.1. The minimum absolute atomic E-state index is 0.843. The zero-order valence-electron chi connectivity index (χ0n) is 9.63. The van der Waals surface area contributed by atoms with Crippen molar-refractivity contribution < 1.29 is 32.2 Å². The third-order valence-electron chi connectivity index (χ3n) is 2.00. The van der Waals surface area contributed by atoms with Crippen molar-refractivity contribution in [3.05, 3.63) is 0 Å². The monoisotopic (exact) mass is 257 g/mol. The molecular weight excluding hydrogens is 243 g/mol. The molecule has 0 aromatic carbocycles. The molecule has 0 aliphatic heterocycles. The predicted octanol–water partition coefficient (Wildman–Crippen LogP) is 0.631. The number of methoxy groups -OCH3 is 2. The van der Waals surface area contributed by atoms with Crippen molar-refractivity contribution in [2.45, 2.75) is 31.6 Å². The van der Waals surface area contributed by atoms with Crippen molar-refractivity contribution in [2.24, 2.45) is 0 Å². The molecule has 0 saturated heterocycles. The fourth-order valence-electron chi connectivity index (χ4n) is 1.07. The molecule has 0 aromatic rings. The zero-order chi connectivity index (χ0) is 13.6. The normalized spacial score (nSPS) is 14.9. The molecule has 0 rings (SSSR count). The summed E-state index contributed by atoms with van der Waals surface area (Å²) in [4.78, 5) is 21.8. The van der Waals surface area contributed by atoms with E-state index < -0.39 is 36.6 Å². The van der Waals surface area contributed by atoms with Gasteiger partial charge in [0.05, 0.1) is 20.6 Å². The molecule has 0 spiro atoms. The van der Waals surface area contributed by atoms with Gasteiger partial charge in [0.1, 0.15) is 12.1 Å². The molecule has 8 heteroatoms. The number of carbonyl (C=O) groups is 2. The SMILES string of the molecule is COC(=O)C[C@@H](N[C@@H](C)C(=O)OC)C(F)(F)F. The molecule has 100 valence electrons. The Hall–Kier alpha value is -1.31. The number of hydrogen-bond acceptors (Lipinski definition) is 5. The van der Waals surface area contributed by atoms with Crippen molar-refractivity contribution in [1.82, 2.24) is 5.32 Å². The van der Waals surface area contributed by atoms with Gasteiger partial charge >= 0.3 is 18.1 Å². The van der Waals surface area contributed by atoms with E-state index in [2.05, 4.69) is 9.47 Å². The molecule has 0 radical (unpaired) electrons. The van der Waals surface area contributed by atoms with Crippen LogP contribution in [0.25, 0.3) is 0 Å². The number of nitrogens with one attached hydrogen (secondary N) is 1. The first-order valence-electron chi connectivity index (χ1n) is 4.69. The highest BCUT2D eigenvalue weighted by Crippen LogP contribution is 2.23. The number of rotatable bonds is 5. The van der Waals surface area contributed by atoms with Crippen LogP contribution < -0.4 is 5.32 Å². The molecule has 0 aliphatic carbocycles. The molecule has 0 amide bonds. The first-order chi connectivity index (χ1) is 7.72. The Balaban J connectivity index is 4.61. The molecule has 0 saturated carbocycles. The molecule has 1 N–H and O–H groups in total. The van der Waals surface area contributed by atoms with Gasteiger partial charge in [-0.2, -0.15) is 13.2 Å². The molecule has 0 bridgehead atoms. The fraction of sp³-hybridized carbons (Fsp3) is 0.778. The molecule has 0 heterocycles. The fourth-order valence-corrected chi connectivity index (χ4v) is 1.07. The van der Waals surface area contributed by atoms with E-state index in [9.17, 15) is 22.8 Å². The van der Waals surface area contributed by atoms with Gasteiger partial charge in [0.2, 0.25) is 0 Å². The second kappa shape index (κ2) is 6.43. The second-order valence-electron chi connectivity index (χ2n) is 3.29. The first kappa shape index (κ1) is 15.7. The maximum atomic E-state index is 12.5. The Morgan fingerprint density at radius 3 is 2.12 bits per heavy atom. The van der Waals surface area contributed by atoms with E-state index in [1.807, 2.05) is 5.32 Å². The molecule has 2 atom stereocenters. The summed E-state index contributed by atoms with van der Waals surface area (Å²) >= 11 is 0. The van der Waals surface area contributed by atoms with Crippen LogP contribution in [-0.2, 0) is 19.1 Å². The van der Waals surface area contributed by atoms with Crippen molar-refractivity contribution in [3.63, 3.8) is 0 Å². The molecule has 17 heavy (non-hydrogen) atoms. The standard InChI is InChI=1S/C9H14F3NO4/c1-5(8(15)17-3)13-6(9(10,11)12)4-7(14)16-2/h5-6,13H,4H2,1-3H3/t5-,6+/m0/s1. The third-order valence-corrected chi connectivity index (χ3v) is 2.00. The van der Waals surface area contributed by atoms with Gasteiger partial charge < -0.3 is 9.47 Å². The molecule has 5 nitrogen and oxygen atoms in total. The predicted molar refractivity (Wildman–Crippen MR) is 51.1 cm³/mol. The van der Waals surface area contributed by atoms with Crippen LogP contribution in [0.4, 0.5) is 13.2 Å². The van der Waals surface area contributed by atoms with Crippen molar-refractivity contribution in [3.8, 4) is 0 Å². The van der Waals surface area contributed by atoms with Gasteiger partial charge in [-0.05, 0) is 6.92 Å². The highest BCUT2D eigenvalue weighted by atomic mass is 19.4. The molecule has 0 aromatic heterocycles. The van der Waals surface area contributed by atoms with Crippen LogP contribution in [0, 0.1) is 0 Å². The van der Waals surface area contributed by atoms with E-state index in [0.29, 0.717) is 0 Å². The minimum atomic E-state index is -4.66. The lowest BCUT2D eigenvalue weighted by molar-refractivity contribution is -0.172. The van der Waals surface area contributed by atoms with E-state index in [4.69, 9.17) is 0 Å². The van der Waals surface area contributed by atoms with Gasteiger partial charge in [0.15, 0.2) is 0 Å². The van der Waals surface area contributed by atoms with E-state index >= 15 is 0 Å². The van der Waals surface area contributed by atoms with Gasteiger partial charge in [0.25, 0.3) is 0 Å². The van der Waals surface area contributed by atoms with Crippen molar-refractivity contribution >= 4 is 11.9 Å². The maximum Gasteiger partial charge on any atom is 0.404 e. The first-order valence-corrected chi connectivity index (χ1v) is 4.69. The number of esters is 2. The summed E-state index contributed by atoms with van der Waals surface area (Å²) in [6.07, 6.45) is -5.56. The van der Waals surface area contributed by atoms with Gasteiger partial charge in [-0.1, -0.05) is 0 Å². The van der Waals surface area contributed by atoms with Gasteiger partial charge in [-0.25, -0.2) is 0 Å². The number of halogens is 3. The van der Waals surface area contributed by atoms with E-state index in [1.54, 1.807) is 0 Å². The smallest absolute Gasteiger partial charge is 0.404 e. The summed E-state index contributed by atoms with van der Waals surface area (Å²) in [6.45, 7) is 1.21. The summed E-state index contributed by atoms with van der Waals surface area (Å²) in [7, 11) is 2.04. The van der Waals surface area contributed by atoms with Crippen molar-refractivity contribution in [2.75, 3.05) is 14.2 Å². The molecule has 0 fully saturated rings. The Morgan fingerprint density at radius 1 is 1.24 bits per heavy atom. The van der Waals surface area contributed by atoms with Gasteiger partial charge in [-0.3, -0.25) is 14.9 Å². The Labute approximate surface area is 96.3 Å². The summed E-state index contributed by atoms with van der Waals surface area (Å²) in [5, 5.41) is 1.97. The van der Waals surface area contributed by atoms with Crippen LogP contribution >= 0.6 is 0 Å². The number of hydrogen-bond donors (Lipinski definition) is 1. The Kier molecular flexibility index (Phi) is 5.94. The van der Waals surface area contributed by atoms with Crippen LogP contribution in [0.2, 0.25) is 0 Å². The summed E-state index contributed by atoms with van der Waals surface area (Å²) < 4.78 is 46.0. The average molecular weight is 257 g/mol. The maximum absolute atomic E-state index is 12.5. The summed E-state index contributed by atoms with van der Waals surface area (Å²) in [5.74, 6) is -1.86. The largest absolute Gasteiger partial charge is 0.469 e. The van der Waals surface area contributed by atoms with E-state index in [0.717, 1.165) is 14.2 Å². The summed E-state index contributed by atoms with van der Waals surface area (Å²) in [6, 6.07) is -3.32. The number of carbonyl (C=O) groups excluding carboxylic acids is 2. The van der Waals surface area contributed by atoms with E-state index in [-0.39, 0.29) is 0 Å². The van der Waals surface area contributed by atoms with Gasteiger partial charge in [-0.15, -0.1) is 0 Å². The summed E-state index contributed by atoms with van der Waals surface area (Å²) in [5.41, 5.74) is 0.